The number of nitriles is 1. The minimum Gasteiger partial charge on any atom is -0.274 e. The van der Waals surface area contributed by atoms with Gasteiger partial charge in [-0.15, -0.1) is 0 Å². The van der Waals surface area contributed by atoms with E-state index < -0.39 is 0 Å². The van der Waals surface area contributed by atoms with Gasteiger partial charge in [0.15, 0.2) is 5.01 Å². The van der Waals surface area contributed by atoms with Crippen LogP contribution in [-0.2, 0) is 7.05 Å². The number of hydrogen-bond acceptors (Lipinski definition) is 5. The van der Waals surface area contributed by atoms with Crippen molar-refractivity contribution >= 4 is 11.5 Å². The molecule has 2 aromatic heterocycles. The summed E-state index contributed by atoms with van der Waals surface area (Å²) in [6, 6.07) is 2.08. The highest BCUT2D eigenvalue weighted by molar-refractivity contribution is 7.09. The molecule has 0 aliphatic heterocycles. The molecule has 5 nitrogen and oxygen atoms in total. The topological polar surface area (TPSA) is 67.4 Å². The second kappa shape index (κ2) is 3.20. The number of aromatic nitrogens is 4. The van der Waals surface area contributed by atoms with Gasteiger partial charge in [-0.3, -0.25) is 4.68 Å². The molecule has 6 heteroatoms. The Kier molecular flexibility index (Phi) is 2.02. The minimum atomic E-state index is 0.531. The fraction of sp³-hybridized carbons (Fsp3) is 0.250. The third-order valence-electron chi connectivity index (χ3n) is 1.68. The third kappa shape index (κ3) is 1.38. The summed E-state index contributed by atoms with van der Waals surface area (Å²) in [7, 11) is 1.78. The number of nitrogens with zero attached hydrogens (tertiary/aromatic N) is 5. The van der Waals surface area contributed by atoms with Crippen LogP contribution in [0.15, 0.2) is 6.20 Å². The van der Waals surface area contributed by atoms with Crippen molar-refractivity contribution in [3.63, 3.8) is 0 Å². The van der Waals surface area contributed by atoms with Crippen molar-refractivity contribution in [2.24, 2.45) is 7.05 Å². The Labute approximate surface area is 84.8 Å². The van der Waals surface area contributed by atoms with E-state index in [9.17, 15) is 0 Å². The zero-order valence-electron chi connectivity index (χ0n) is 7.72. The predicted octanol–water partition coefficient (Wildman–Crippen LogP) is 1.12. The molecule has 0 saturated heterocycles. The highest BCUT2D eigenvalue weighted by atomic mass is 32.1. The monoisotopic (exact) mass is 205 g/mol. The Morgan fingerprint density at radius 2 is 2.36 bits per heavy atom. The first-order valence-corrected chi connectivity index (χ1v) is 4.72. The molecule has 70 valence electrons. The molecule has 0 saturated carbocycles. The lowest BCUT2D eigenvalue weighted by atomic mass is 10.3. The summed E-state index contributed by atoms with van der Waals surface area (Å²) in [6.07, 6.45) is 1.67. The van der Waals surface area contributed by atoms with E-state index >= 15 is 0 Å². The Hall–Kier alpha value is -1.74. The van der Waals surface area contributed by atoms with Gasteiger partial charge in [-0.05, 0) is 18.5 Å². The molecule has 0 amide bonds. The van der Waals surface area contributed by atoms with Gasteiger partial charge in [0.2, 0.25) is 0 Å². The molecule has 2 heterocycles. The van der Waals surface area contributed by atoms with Gasteiger partial charge >= 0.3 is 0 Å². The van der Waals surface area contributed by atoms with Crippen LogP contribution in [0.3, 0.4) is 0 Å². The summed E-state index contributed by atoms with van der Waals surface area (Å²) in [6.45, 7) is 1.81. The second-order valence-corrected chi connectivity index (χ2v) is 3.58. The van der Waals surface area contributed by atoms with Crippen molar-refractivity contribution in [2.45, 2.75) is 6.92 Å². The first-order chi connectivity index (χ1) is 6.70. The van der Waals surface area contributed by atoms with Crippen molar-refractivity contribution < 1.29 is 0 Å². The van der Waals surface area contributed by atoms with E-state index in [4.69, 9.17) is 5.26 Å². The molecular weight excluding hydrogens is 198 g/mol. The molecule has 0 aliphatic carbocycles. The van der Waals surface area contributed by atoms with Crippen molar-refractivity contribution in [3.05, 3.63) is 17.6 Å². The average Bonchev–Trinajstić information content (AvgIpc) is 2.71. The van der Waals surface area contributed by atoms with Crippen LogP contribution < -0.4 is 0 Å². The summed E-state index contributed by atoms with van der Waals surface area (Å²) in [5.74, 6) is 0.708. The van der Waals surface area contributed by atoms with E-state index in [0.717, 1.165) is 0 Å². The van der Waals surface area contributed by atoms with Crippen LogP contribution in [0.1, 0.15) is 11.4 Å². The van der Waals surface area contributed by atoms with Crippen LogP contribution in [0, 0.1) is 18.3 Å². The lowest BCUT2D eigenvalue weighted by Gasteiger charge is -1.86. The SMILES string of the molecule is Cc1nsc(-c2nn(C)cc2C#N)n1. The van der Waals surface area contributed by atoms with Crippen LogP contribution in [0.4, 0.5) is 0 Å². The fourth-order valence-corrected chi connectivity index (χ4v) is 1.79. The van der Waals surface area contributed by atoms with E-state index in [1.807, 2.05) is 6.92 Å². The molecule has 2 aromatic rings. The molecule has 0 radical (unpaired) electrons. The van der Waals surface area contributed by atoms with Crippen molar-refractivity contribution in [2.75, 3.05) is 0 Å². The van der Waals surface area contributed by atoms with Gasteiger partial charge in [0, 0.05) is 13.2 Å². The maximum Gasteiger partial charge on any atom is 0.165 e. The molecule has 2 rings (SSSR count). The van der Waals surface area contributed by atoms with Gasteiger partial charge < -0.3 is 0 Å². The largest absolute Gasteiger partial charge is 0.274 e. The van der Waals surface area contributed by atoms with Gasteiger partial charge in [-0.1, -0.05) is 0 Å². The first-order valence-electron chi connectivity index (χ1n) is 3.95. The average molecular weight is 205 g/mol. The normalized spacial score (nSPS) is 10.1. The molecule has 0 aromatic carbocycles. The molecule has 0 spiro atoms. The number of rotatable bonds is 1. The van der Waals surface area contributed by atoms with Gasteiger partial charge in [-0.2, -0.15) is 14.7 Å². The Bertz CT molecular complexity index is 504. The Balaban J connectivity index is 2.56. The van der Waals surface area contributed by atoms with Gasteiger partial charge in [0.1, 0.15) is 23.2 Å². The first kappa shape index (κ1) is 8.84. The maximum absolute atomic E-state index is 8.85. The summed E-state index contributed by atoms with van der Waals surface area (Å²) in [4.78, 5) is 4.18. The molecule has 0 aliphatic rings. The van der Waals surface area contributed by atoms with Gasteiger partial charge in [0.05, 0.1) is 0 Å². The highest BCUT2D eigenvalue weighted by Gasteiger charge is 2.13. The van der Waals surface area contributed by atoms with E-state index in [0.29, 0.717) is 22.1 Å². The molecule has 0 fully saturated rings. The highest BCUT2D eigenvalue weighted by Crippen LogP contribution is 2.22. The quantitative estimate of drug-likeness (QED) is 0.699. The predicted molar refractivity (Wildman–Crippen MR) is 51.6 cm³/mol. The van der Waals surface area contributed by atoms with E-state index in [-0.39, 0.29) is 0 Å². The van der Waals surface area contributed by atoms with Gasteiger partial charge in [-0.25, -0.2) is 4.98 Å². The van der Waals surface area contributed by atoms with Crippen molar-refractivity contribution in [1.82, 2.24) is 19.1 Å². The molecule has 0 bridgehead atoms. The standard InChI is InChI=1S/C8H7N5S/c1-5-10-8(14-12-5)7-6(3-9)4-13(2)11-7/h4H,1-2H3. The molecular formula is C8H7N5S. The second-order valence-electron chi connectivity index (χ2n) is 2.82. The number of aryl methyl sites for hydroxylation is 2. The Morgan fingerprint density at radius 1 is 1.57 bits per heavy atom. The van der Waals surface area contributed by atoms with E-state index in [2.05, 4.69) is 20.5 Å². The van der Waals surface area contributed by atoms with Crippen LogP contribution in [0.25, 0.3) is 10.7 Å². The fourth-order valence-electron chi connectivity index (χ4n) is 1.12. The minimum absolute atomic E-state index is 0.531. The van der Waals surface area contributed by atoms with Gasteiger partial charge in [0.25, 0.3) is 0 Å². The van der Waals surface area contributed by atoms with Crippen molar-refractivity contribution in [3.8, 4) is 16.8 Å². The van der Waals surface area contributed by atoms with E-state index in [1.54, 1.807) is 17.9 Å². The van der Waals surface area contributed by atoms with Crippen LogP contribution in [0.2, 0.25) is 0 Å². The lowest BCUT2D eigenvalue weighted by molar-refractivity contribution is 0.770. The zero-order valence-corrected chi connectivity index (χ0v) is 8.54. The zero-order chi connectivity index (χ0) is 10.1. The summed E-state index contributed by atoms with van der Waals surface area (Å²) < 4.78 is 5.65. The summed E-state index contributed by atoms with van der Waals surface area (Å²) >= 11 is 1.26. The maximum atomic E-state index is 8.85. The van der Waals surface area contributed by atoms with Crippen molar-refractivity contribution in [1.29, 1.82) is 5.26 Å². The van der Waals surface area contributed by atoms with E-state index in [1.165, 1.54) is 11.5 Å². The Morgan fingerprint density at radius 3 is 2.93 bits per heavy atom. The lowest BCUT2D eigenvalue weighted by Crippen LogP contribution is -1.87. The summed E-state index contributed by atoms with van der Waals surface area (Å²) in [5, 5.41) is 13.7. The number of hydrogen-bond donors (Lipinski definition) is 0. The molecule has 0 N–H and O–H groups in total. The van der Waals surface area contributed by atoms with Crippen LogP contribution in [0.5, 0.6) is 0 Å². The molecule has 0 atom stereocenters. The molecule has 14 heavy (non-hydrogen) atoms. The van der Waals surface area contributed by atoms with Crippen LogP contribution in [-0.4, -0.2) is 19.1 Å². The van der Waals surface area contributed by atoms with Crippen LogP contribution >= 0.6 is 11.5 Å². The smallest absolute Gasteiger partial charge is 0.165 e. The molecule has 0 unspecified atom stereocenters. The summed E-state index contributed by atoms with van der Waals surface area (Å²) in [5.41, 5.74) is 1.14. The third-order valence-corrected chi connectivity index (χ3v) is 2.49.